The van der Waals surface area contributed by atoms with Crippen molar-refractivity contribution in [3.05, 3.63) is 30.3 Å². The Bertz CT molecular complexity index is 398. The molecule has 6 heteroatoms. The zero-order valence-electron chi connectivity index (χ0n) is 10.4. The number of ether oxygens (including phenoxy) is 1. The van der Waals surface area contributed by atoms with Gasteiger partial charge in [0.25, 0.3) is 5.91 Å². The number of nitrogens with one attached hydrogen (secondary N) is 3. The van der Waals surface area contributed by atoms with Gasteiger partial charge in [0.05, 0.1) is 0 Å². The molecule has 1 atom stereocenters. The molecule has 1 aromatic rings. The van der Waals surface area contributed by atoms with Gasteiger partial charge < -0.3 is 10.1 Å². The number of carbonyl (C=O) groups excluding carboxylic acids is 1. The van der Waals surface area contributed by atoms with Gasteiger partial charge in [0.2, 0.25) is 0 Å². The second kappa shape index (κ2) is 7.50. The molecule has 5 nitrogen and oxygen atoms in total. The first-order chi connectivity index (χ1) is 8.63. The van der Waals surface area contributed by atoms with Crippen molar-refractivity contribution in [3.63, 3.8) is 0 Å². The van der Waals surface area contributed by atoms with Crippen molar-refractivity contribution in [2.24, 2.45) is 0 Å². The van der Waals surface area contributed by atoms with E-state index in [2.05, 4.69) is 16.2 Å². The number of hydrogen-bond acceptors (Lipinski definition) is 3. The van der Waals surface area contributed by atoms with Gasteiger partial charge >= 0.3 is 0 Å². The van der Waals surface area contributed by atoms with Crippen molar-refractivity contribution in [3.8, 4) is 5.75 Å². The van der Waals surface area contributed by atoms with E-state index < -0.39 is 6.10 Å². The zero-order chi connectivity index (χ0) is 13.4. The van der Waals surface area contributed by atoms with E-state index in [-0.39, 0.29) is 5.91 Å². The standard InChI is InChI=1S/C12H17N3O2S/c1-3-13-12(18)15-14-11(16)9(2)17-10-7-5-4-6-8-10/h4-9H,3H2,1-2H3,(H,14,16)(H2,13,15,18). The van der Waals surface area contributed by atoms with Crippen LogP contribution in [-0.4, -0.2) is 23.7 Å². The molecule has 1 amide bonds. The summed E-state index contributed by atoms with van der Waals surface area (Å²) in [5, 5.41) is 3.23. The molecular weight excluding hydrogens is 250 g/mol. The maximum Gasteiger partial charge on any atom is 0.279 e. The highest BCUT2D eigenvalue weighted by Gasteiger charge is 2.14. The molecule has 98 valence electrons. The molecule has 0 heterocycles. The second-order valence-corrected chi connectivity index (χ2v) is 3.96. The van der Waals surface area contributed by atoms with E-state index in [9.17, 15) is 4.79 Å². The van der Waals surface area contributed by atoms with E-state index in [4.69, 9.17) is 17.0 Å². The molecule has 0 aliphatic heterocycles. The molecular formula is C12H17N3O2S. The van der Waals surface area contributed by atoms with E-state index >= 15 is 0 Å². The largest absolute Gasteiger partial charge is 0.481 e. The van der Waals surface area contributed by atoms with Gasteiger partial charge in [-0.15, -0.1) is 0 Å². The Balaban J connectivity index is 2.35. The summed E-state index contributed by atoms with van der Waals surface area (Å²) in [5.74, 6) is 0.355. The molecule has 0 spiro atoms. The fourth-order valence-corrected chi connectivity index (χ4v) is 1.38. The molecule has 0 radical (unpaired) electrons. The number of hydrazine groups is 1. The first kappa shape index (κ1) is 14.2. The highest BCUT2D eigenvalue weighted by Crippen LogP contribution is 2.10. The number of para-hydroxylation sites is 1. The van der Waals surface area contributed by atoms with Crippen molar-refractivity contribution in [2.45, 2.75) is 20.0 Å². The van der Waals surface area contributed by atoms with Gasteiger partial charge in [-0.3, -0.25) is 15.6 Å². The first-order valence-electron chi connectivity index (χ1n) is 5.69. The van der Waals surface area contributed by atoms with Crippen LogP contribution in [0.25, 0.3) is 0 Å². The molecule has 0 aromatic heterocycles. The maximum absolute atomic E-state index is 11.7. The van der Waals surface area contributed by atoms with Crippen LogP contribution in [0.4, 0.5) is 0 Å². The van der Waals surface area contributed by atoms with Gasteiger partial charge in [-0.05, 0) is 38.2 Å². The van der Waals surface area contributed by atoms with Crippen LogP contribution < -0.4 is 20.9 Å². The first-order valence-corrected chi connectivity index (χ1v) is 6.09. The Kier molecular flexibility index (Phi) is 5.93. The quantitative estimate of drug-likeness (QED) is 0.560. The van der Waals surface area contributed by atoms with Gasteiger partial charge in [0, 0.05) is 6.54 Å². The summed E-state index contributed by atoms with van der Waals surface area (Å²) < 4.78 is 5.45. The highest BCUT2D eigenvalue weighted by molar-refractivity contribution is 7.80. The van der Waals surface area contributed by atoms with Gasteiger partial charge in [-0.1, -0.05) is 18.2 Å². The average molecular weight is 267 g/mol. The van der Waals surface area contributed by atoms with Crippen molar-refractivity contribution in [2.75, 3.05) is 6.54 Å². The summed E-state index contributed by atoms with van der Waals surface area (Å²) in [4.78, 5) is 11.7. The number of hydrogen-bond donors (Lipinski definition) is 3. The Morgan fingerprint density at radius 1 is 1.33 bits per heavy atom. The van der Waals surface area contributed by atoms with Crippen LogP contribution in [0.1, 0.15) is 13.8 Å². The zero-order valence-corrected chi connectivity index (χ0v) is 11.2. The third-order valence-corrected chi connectivity index (χ3v) is 2.31. The van der Waals surface area contributed by atoms with Crippen LogP contribution in [0.15, 0.2) is 30.3 Å². The Labute approximate surface area is 112 Å². The van der Waals surface area contributed by atoms with Crippen molar-refractivity contribution in [1.82, 2.24) is 16.2 Å². The normalized spacial score (nSPS) is 11.2. The number of rotatable bonds is 4. The maximum atomic E-state index is 11.7. The van der Waals surface area contributed by atoms with E-state index in [0.29, 0.717) is 17.4 Å². The van der Waals surface area contributed by atoms with E-state index in [1.54, 1.807) is 19.1 Å². The number of carbonyl (C=O) groups is 1. The van der Waals surface area contributed by atoms with Crippen LogP contribution >= 0.6 is 12.2 Å². The molecule has 1 rings (SSSR count). The Morgan fingerprint density at radius 2 is 2.00 bits per heavy atom. The van der Waals surface area contributed by atoms with Gasteiger partial charge in [-0.25, -0.2) is 0 Å². The van der Waals surface area contributed by atoms with Gasteiger partial charge in [0.1, 0.15) is 5.75 Å². The SMILES string of the molecule is CCNC(=S)NNC(=O)C(C)Oc1ccccc1. The summed E-state index contributed by atoms with van der Waals surface area (Å²) in [6.07, 6.45) is -0.607. The molecule has 0 aliphatic rings. The van der Waals surface area contributed by atoms with Crippen LogP contribution in [0.2, 0.25) is 0 Å². The minimum atomic E-state index is -0.607. The van der Waals surface area contributed by atoms with Gasteiger partial charge in [-0.2, -0.15) is 0 Å². The molecule has 1 unspecified atom stereocenters. The van der Waals surface area contributed by atoms with Crippen molar-refractivity contribution >= 4 is 23.2 Å². The van der Waals surface area contributed by atoms with Gasteiger partial charge in [0.15, 0.2) is 11.2 Å². The molecule has 0 bridgehead atoms. The number of thiocarbonyl (C=S) groups is 1. The minimum absolute atomic E-state index is 0.292. The van der Waals surface area contributed by atoms with E-state index in [1.165, 1.54) is 0 Å². The lowest BCUT2D eigenvalue weighted by atomic mass is 10.3. The van der Waals surface area contributed by atoms with E-state index in [0.717, 1.165) is 0 Å². The topological polar surface area (TPSA) is 62.4 Å². The Morgan fingerprint density at radius 3 is 2.61 bits per heavy atom. The average Bonchev–Trinajstić information content (AvgIpc) is 2.37. The molecule has 0 fully saturated rings. The molecule has 1 aromatic carbocycles. The molecule has 0 aliphatic carbocycles. The summed E-state index contributed by atoms with van der Waals surface area (Å²) in [6, 6.07) is 9.16. The Hall–Kier alpha value is -1.82. The molecule has 18 heavy (non-hydrogen) atoms. The third-order valence-electron chi connectivity index (χ3n) is 2.06. The number of amides is 1. The molecule has 0 saturated heterocycles. The summed E-state index contributed by atoms with van der Waals surface area (Å²) in [5.41, 5.74) is 5.06. The second-order valence-electron chi connectivity index (χ2n) is 3.55. The van der Waals surface area contributed by atoms with Crippen molar-refractivity contribution < 1.29 is 9.53 Å². The molecule has 3 N–H and O–H groups in total. The summed E-state index contributed by atoms with van der Waals surface area (Å²) in [6.45, 7) is 4.27. The minimum Gasteiger partial charge on any atom is -0.481 e. The lowest BCUT2D eigenvalue weighted by Crippen LogP contribution is -2.50. The van der Waals surface area contributed by atoms with Crippen LogP contribution in [-0.2, 0) is 4.79 Å². The monoisotopic (exact) mass is 267 g/mol. The van der Waals surface area contributed by atoms with Crippen molar-refractivity contribution in [1.29, 1.82) is 0 Å². The van der Waals surface area contributed by atoms with Crippen LogP contribution in [0.3, 0.4) is 0 Å². The molecule has 0 saturated carbocycles. The number of benzene rings is 1. The predicted molar refractivity (Wildman–Crippen MR) is 74.1 cm³/mol. The van der Waals surface area contributed by atoms with E-state index in [1.807, 2.05) is 25.1 Å². The fourth-order valence-electron chi connectivity index (χ4n) is 1.18. The lowest BCUT2D eigenvalue weighted by Gasteiger charge is -2.16. The third kappa shape index (κ3) is 5.01. The summed E-state index contributed by atoms with van der Waals surface area (Å²) in [7, 11) is 0. The predicted octanol–water partition coefficient (Wildman–Crippen LogP) is 0.969. The van der Waals surface area contributed by atoms with Crippen LogP contribution in [0, 0.1) is 0 Å². The summed E-state index contributed by atoms with van der Waals surface area (Å²) >= 11 is 4.91. The highest BCUT2D eigenvalue weighted by atomic mass is 32.1. The fraction of sp³-hybridized carbons (Fsp3) is 0.333. The smallest absolute Gasteiger partial charge is 0.279 e. The van der Waals surface area contributed by atoms with Crippen LogP contribution in [0.5, 0.6) is 5.75 Å². The lowest BCUT2D eigenvalue weighted by molar-refractivity contribution is -0.127.